The lowest BCUT2D eigenvalue weighted by Crippen LogP contribution is -2.31. The lowest BCUT2D eigenvalue weighted by molar-refractivity contribution is 0.251. The van der Waals surface area contributed by atoms with E-state index < -0.39 is 5.82 Å². The van der Waals surface area contributed by atoms with Gasteiger partial charge in [-0.25, -0.2) is 14.2 Å². The van der Waals surface area contributed by atoms with E-state index in [2.05, 4.69) is 15.6 Å². The predicted octanol–water partition coefficient (Wildman–Crippen LogP) is 2.00. The number of aromatic nitrogens is 1. The van der Waals surface area contributed by atoms with E-state index in [4.69, 9.17) is 0 Å². The van der Waals surface area contributed by atoms with Gasteiger partial charge in [-0.3, -0.25) is 5.32 Å². The first-order valence-electron chi connectivity index (χ1n) is 4.74. The summed E-state index contributed by atoms with van der Waals surface area (Å²) < 4.78 is 12.5. The number of nitrogens with one attached hydrogen (secondary N) is 2. The SMILES string of the molecule is CC(C)CNC(=O)Nc1ccc(F)cn1. The van der Waals surface area contributed by atoms with Gasteiger partial charge in [0, 0.05) is 6.54 Å². The molecule has 0 bridgehead atoms. The fraction of sp³-hybridized carbons (Fsp3) is 0.400. The van der Waals surface area contributed by atoms with Crippen LogP contribution in [0.25, 0.3) is 0 Å². The molecule has 5 heteroatoms. The van der Waals surface area contributed by atoms with Crippen LogP contribution >= 0.6 is 0 Å². The van der Waals surface area contributed by atoms with Crippen molar-refractivity contribution < 1.29 is 9.18 Å². The van der Waals surface area contributed by atoms with Crippen molar-refractivity contribution in [2.75, 3.05) is 11.9 Å². The smallest absolute Gasteiger partial charge is 0.320 e. The van der Waals surface area contributed by atoms with Gasteiger partial charge in [0.2, 0.25) is 0 Å². The van der Waals surface area contributed by atoms with Crippen LogP contribution in [0, 0.1) is 11.7 Å². The maximum Gasteiger partial charge on any atom is 0.320 e. The fourth-order valence-corrected chi connectivity index (χ4v) is 0.907. The maximum atomic E-state index is 12.5. The molecule has 0 atom stereocenters. The van der Waals surface area contributed by atoms with Crippen molar-refractivity contribution in [1.82, 2.24) is 10.3 Å². The van der Waals surface area contributed by atoms with E-state index in [1.54, 1.807) is 0 Å². The van der Waals surface area contributed by atoms with Crippen LogP contribution in [0.15, 0.2) is 18.3 Å². The average Bonchev–Trinajstić information content (AvgIpc) is 2.19. The van der Waals surface area contributed by atoms with Gasteiger partial charge in [-0.2, -0.15) is 0 Å². The number of urea groups is 1. The summed E-state index contributed by atoms with van der Waals surface area (Å²) in [5.74, 6) is 0.290. The highest BCUT2D eigenvalue weighted by atomic mass is 19.1. The molecule has 0 spiro atoms. The molecule has 0 saturated carbocycles. The first kappa shape index (κ1) is 11.4. The summed E-state index contributed by atoms with van der Waals surface area (Å²) in [5.41, 5.74) is 0. The van der Waals surface area contributed by atoms with E-state index in [0.717, 1.165) is 6.20 Å². The van der Waals surface area contributed by atoms with Crippen LogP contribution in [0.2, 0.25) is 0 Å². The molecule has 0 fully saturated rings. The van der Waals surface area contributed by atoms with Gasteiger partial charge in [0.1, 0.15) is 11.6 Å². The summed E-state index contributed by atoms with van der Waals surface area (Å²) >= 11 is 0. The minimum Gasteiger partial charge on any atom is -0.338 e. The molecule has 2 N–H and O–H groups in total. The summed E-state index contributed by atoms with van der Waals surface area (Å²) in [7, 11) is 0. The molecule has 1 heterocycles. The first-order chi connectivity index (χ1) is 7.08. The zero-order valence-corrected chi connectivity index (χ0v) is 8.75. The lowest BCUT2D eigenvalue weighted by atomic mass is 10.2. The Morgan fingerprint density at radius 2 is 2.27 bits per heavy atom. The summed E-state index contributed by atoms with van der Waals surface area (Å²) in [6.45, 7) is 4.58. The molecule has 1 aromatic rings. The second kappa shape index (κ2) is 5.29. The van der Waals surface area contributed by atoms with Gasteiger partial charge in [-0.15, -0.1) is 0 Å². The van der Waals surface area contributed by atoms with Crippen molar-refractivity contribution in [2.24, 2.45) is 5.92 Å². The van der Waals surface area contributed by atoms with E-state index in [0.29, 0.717) is 18.3 Å². The standard InChI is InChI=1S/C10H14FN3O/c1-7(2)5-13-10(15)14-9-4-3-8(11)6-12-9/h3-4,6-7H,5H2,1-2H3,(H2,12,13,14,15). The Balaban J connectivity index is 2.41. The lowest BCUT2D eigenvalue weighted by Gasteiger charge is -2.08. The first-order valence-corrected chi connectivity index (χ1v) is 4.74. The number of hydrogen-bond acceptors (Lipinski definition) is 2. The zero-order valence-electron chi connectivity index (χ0n) is 8.75. The molecule has 15 heavy (non-hydrogen) atoms. The number of halogens is 1. The van der Waals surface area contributed by atoms with Crippen LogP contribution in [0.1, 0.15) is 13.8 Å². The molecule has 0 unspecified atom stereocenters. The van der Waals surface area contributed by atoms with Gasteiger partial charge < -0.3 is 5.32 Å². The third-order valence-corrected chi connectivity index (χ3v) is 1.64. The van der Waals surface area contributed by atoms with Gasteiger partial charge in [0.15, 0.2) is 0 Å². The summed E-state index contributed by atoms with van der Waals surface area (Å²) in [5, 5.41) is 5.16. The van der Waals surface area contributed by atoms with E-state index in [-0.39, 0.29) is 6.03 Å². The Morgan fingerprint density at radius 1 is 1.53 bits per heavy atom. The molecular formula is C10H14FN3O. The van der Waals surface area contributed by atoms with E-state index in [1.165, 1.54) is 12.1 Å². The summed E-state index contributed by atoms with van der Waals surface area (Å²) in [4.78, 5) is 14.9. The number of anilines is 1. The average molecular weight is 211 g/mol. The number of rotatable bonds is 3. The molecule has 2 amide bonds. The monoisotopic (exact) mass is 211 g/mol. The predicted molar refractivity (Wildman–Crippen MR) is 56.1 cm³/mol. The van der Waals surface area contributed by atoms with Crippen molar-refractivity contribution in [2.45, 2.75) is 13.8 Å². The molecule has 0 radical (unpaired) electrons. The van der Waals surface area contributed by atoms with Crippen LogP contribution in [0.5, 0.6) is 0 Å². The van der Waals surface area contributed by atoms with Crippen LogP contribution < -0.4 is 10.6 Å². The normalized spacial score (nSPS) is 10.1. The molecule has 82 valence electrons. The quantitative estimate of drug-likeness (QED) is 0.803. The highest BCUT2D eigenvalue weighted by Gasteiger charge is 2.02. The number of hydrogen-bond donors (Lipinski definition) is 2. The van der Waals surface area contributed by atoms with Crippen molar-refractivity contribution in [3.05, 3.63) is 24.1 Å². The van der Waals surface area contributed by atoms with Crippen LogP contribution in [-0.4, -0.2) is 17.6 Å². The summed E-state index contributed by atoms with van der Waals surface area (Å²) in [6.07, 6.45) is 1.05. The minimum atomic E-state index is -0.428. The molecule has 0 aromatic carbocycles. The van der Waals surface area contributed by atoms with E-state index in [9.17, 15) is 9.18 Å². The van der Waals surface area contributed by atoms with Gasteiger partial charge >= 0.3 is 6.03 Å². The van der Waals surface area contributed by atoms with Crippen molar-refractivity contribution in [3.8, 4) is 0 Å². The Bertz CT molecular complexity index is 324. The molecule has 0 aliphatic heterocycles. The van der Waals surface area contributed by atoms with Crippen LogP contribution in [0.4, 0.5) is 15.0 Å². The van der Waals surface area contributed by atoms with E-state index >= 15 is 0 Å². The molecule has 4 nitrogen and oxygen atoms in total. The molecule has 1 aromatic heterocycles. The van der Waals surface area contributed by atoms with Gasteiger partial charge in [-0.05, 0) is 18.1 Å². The topological polar surface area (TPSA) is 54.0 Å². The Kier molecular flexibility index (Phi) is 4.03. The largest absolute Gasteiger partial charge is 0.338 e. The number of amides is 2. The van der Waals surface area contributed by atoms with Crippen molar-refractivity contribution in [3.63, 3.8) is 0 Å². The zero-order chi connectivity index (χ0) is 11.3. The van der Waals surface area contributed by atoms with Crippen LogP contribution in [-0.2, 0) is 0 Å². The Morgan fingerprint density at radius 3 is 2.80 bits per heavy atom. The number of pyridine rings is 1. The molecular weight excluding hydrogens is 197 g/mol. The second-order valence-electron chi connectivity index (χ2n) is 3.59. The summed E-state index contributed by atoms with van der Waals surface area (Å²) in [6, 6.07) is 2.32. The third kappa shape index (κ3) is 4.39. The number of nitrogens with zero attached hydrogens (tertiary/aromatic N) is 1. The molecule has 0 aliphatic carbocycles. The number of carbonyl (C=O) groups is 1. The van der Waals surface area contributed by atoms with Gasteiger partial charge in [0.05, 0.1) is 6.20 Å². The van der Waals surface area contributed by atoms with Crippen LogP contribution in [0.3, 0.4) is 0 Å². The third-order valence-electron chi connectivity index (χ3n) is 1.64. The molecule has 0 aliphatic rings. The Labute approximate surface area is 87.9 Å². The van der Waals surface area contributed by atoms with Crippen molar-refractivity contribution in [1.29, 1.82) is 0 Å². The van der Waals surface area contributed by atoms with Crippen molar-refractivity contribution >= 4 is 11.8 Å². The number of carbonyl (C=O) groups excluding carboxylic acids is 1. The second-order valence-corrected chi connectivity index (χ2v) is 3.59. The van der Waals surface area contributed by atoms with Gasteiger partial charge in [-0.1, -0.05) is 13.8 Å². The van der Waals surface area contributed by atoms with E-state index in [1.807, 2.05) is 13.8 Å². The molecule has 0 saturated heterocycles. The minimum absolute atomic E-state index is 0.331. The maximum absolute atomic E-state index is 12.5. The fourth-order valence-electron chi connectivity index (χ4n) is 0.907. The highest BCUT2D eigenvalue weighted by Crippen LogP contribution is 2.02. The molecule has 1 rings (SSSR count). The van der Waals surface area contributed by atoms with Gasteiger partial charge in [0.25, 0.3) is 0 Å². The highest BCUT2D eigenvalue weighted by molar-refractivity contribution is 5.88. The Hall–Kier alpha value is -1.65.